The first-order valence-corrected chi connectivity index (χ1v) is 17.9. The number of benzene rings is 6. The van der Waals surface area contributed by atoms with Gasteiger partial charge in [-0.2, -0.15) is 0 Å². The molecule has 0 N–H and O–H groups in total. The molecule has 7 aromatic rings. The lowest BCUT2D eigenvalue weighted by Crippen LogP contribution is -2.20. The molecule has 0 unspecified atom stereocenters. The minimum atomic E-state index is -0.274. The van der Waals surface area contributed by atoms with Crippen LogP contribution in [-0.4, -0.2) is 4.98 Å². The molecule has 0 saturated carbocycles. The second kappa shape index (κ2) is 11.6. The summed E-state index contributed by atoms with van der Waals surface area (Å²) in [6, 6.07) is 56.6. The van der Waals surface area contributed by atoms with Crippen molar-refractivity contribution in [3.05, 3.63) is 186 Å². The predicted molar refractivity (Wildman–Crippen MR) is 213 cm³/mol. The topological polar surface area (TPSA) is 19.4 Å². The van der Waals surface area contributed by atoms with Crippen molar-refractivity contribution in [2.24, 2.45) is 0 Å². The Morgan fingerprint density at radius 2 is 0.824 bits per heavy atom. The number of para-hydroxylation sites is 4. The van der Waals surface area contributed by atoms with E-state index in [-0.39, 0.29) is 10.8 Å². The van der Waals surface area contributed by atoms with Crippen LogP contribution in [-0.2, 0) is 10.8 Å². The highest BCUT2D eigenvalue weighted by molar-refractivity contribution is 5.92. The van der Waals surface area contributed by atoms with Gasteiger partial charge in [-0.3, -0.25) is 4.98 Å². The summed E-state index contributed by atoms with van der Waals surface area (Å²) in [5.41, 5.74) is 17.8. The van der Waals surface area contributed by atoms with Gasteiger partial charge in [0, 0.05) is 56.1 Å². The first kappa shape index (κ1) is 31.1. The first-order chi connectivity index (χ1) is 24.7. The van der Waals surface area contributed by atoms with E-state index >= 15 is 0 Å². The molecule has 0 saturated heterocycles. The van der Waals surface area contributed by atoms with Crippen molar-refractivity contribution in [3.63, 3.8) is 0 Å². The molecule has 3 heteroatoms. The Bertz CT molecular complexity index is 2330. The molecule has 1 aromatic heterocycles. The molecule has 3 nitrogen and oxygen atoms in total. The smallest absolute Gasteiger partial charge is 0.0752 e. The SMILES string of the molecule is Cc1c2c(nc3c1C(C)(C)c1cc(N(c4ccccc4)c4ccccc4)ccc1-3)C(C)(C)c1cc(N(c3ccccc3)c3ccccc3)ccc1-2. The van der Waals surface area contributed by atoms with E-state index in [0.29, 0.717) is 0 Å². The quantitative estimate of drug-likeness (QED) is 0.177. The van der Waals surface area contributed by atoms with Gasteiger partial charge < -0.3 is 9.80 Å². The Labute approximate surface area is 301 Å². The lowest BCUT2D eigenvalue weighted by atomic mass is 9.79. The van der Waals surface area contributed by atoms with Gasteiger partial charge in [0.2, 0.25) is 0 Å². The summed E-state index contributed by atoms with van der Waals surface area (Å²) in [6.07, 6.45) is 0. The largest absolute Gasteiger partial charge is 0.310 e. The van der Waals surface area contributed by atoms with Gasteiger partial charge in [-0.1, -0.05) is 113 Å². The summed E-state index contributed by atoms with van der Waals surface area (Å²) in [5.74, 6) is 0. The summed E-state index contributed by atoms with van der Waals surface area (Å²) in [7, 11) is 0. The maximum Gasteiger partial charge on any atom is 0.0752 e. The molecule has 248 valence electrons. The monoisotopic (exact) mass is 659 g/mol. The van der Waals surface area contributed by atoms with E-state index < -0.39 is 0 Å². The van der Waals surface area contributed by atoms with Gasteiger partial charge >= 0.3 is 0 Å². The number of nitrogens with zero attached hydrogens (tertiary/aromatic N) is 3. The van der Waals surface area contributed by atoms with Gasteiger partial charge in [0.05, 0.1) is 11.4 Å². The molecule has 9 rings (SSSR count). The predicted octanol–water partition coefficient (Wildman–Crippen LogP) is 12.9. The molecule has 0 atom stereocenters. The third-order valence-electron chi connectivity index (χ3n) is 11.1. The number of pyridine rings is 1. The van der Waals surface area contributed by atoms with Crippen molar-refractivity contribution in [2.45, 2.75) is 45.4 Å². The van der Waals surface area contributed by atoms with Crippen LogP contribution in [0.15, 0.2) is 158 Å². The van der Waals surface area contributed by atoms with Crippen LogP contribution in [0.25, 0.3) is 22.4 Å². The van der Waals surface area contributed by atoms with E-state index in [9.17, 15) is 0 Å². The van der Waals surface area contributed by atoms with Crippen molar-refractivity contribution < 1.29 is 0 Å². The summed E-state index contributed by atoms with van der Waals surface area (Å²) in [6.45, 7) is 11.8. The van der Waals surface area contributed by atoms with Crippen molar-refractivity contribution in [1.29, 1.82) is 0 Å². The van der Waals surface area contributed by atoms with Crippen LogP contribution in [0.3, 0.4) is 0 Å². The Hall–Kier alpha value is -5.93. The normalized spacial score (nSPS) is 14.3. The molecule has 1 heterocycles. The Kier molecular flexibility index (Phi) is 7.05. The maximum absolute atomic E-state index is 5.65. The Morgan fingerprint density at radius 3 is 1.25 bits per heavy atom. The van der Waals surface area contributed by atoms with Crippen LogP contribution in [0.4, 0.5) is 34.1 Å². The van der Waals surface area contributed by atoms with Crippen molar-refractivity contribution in [2.75, 3.05) is 9.80 Å². The van der Waals surface area contributed by atoms with Gasteiger partial charge in [0.25, 0.3) is 0 Å². The molecule has 0 radical (unpaired) electrons. The van der Waals surface area contributed by atoms with E-state index in [4.69, 9.17) is 4.98 Å². The lowest BCUT2D eigenvalue weighted by Gasteiger charge is -2.28. The number of fused-ring (bicyclic) bond motifs is 6. The summed E-state index contributed by atoms with van der Waals surface area (Å²) < 4.78 is 0. The van der Waals surface area contributed by atoms with E-state index in [1.54, 1.807) is 0 Å². The summed E-state index contributed by atoms with van der Waals surface area (Å²) in [4.78, 5) is 10.4. The number of rotatable bonds is 6. The van der Waals surface area contributed by atoms with E-state index in [0.717, 1.165) is 39.8 Å². The molecule has 0 fully saturated rings. The van der Waals surface area contributed by atoms with E-state index in [1.807, 2.05) is 0 Å². The highest BCUT2D eigenvalue weighted by atomic mass is 15.1. The second-order valence-electron chi connectivity index (χ2n) is 14.9. The minimum absolute atomic E-state index is 0.226. The molecule has 6 aromatic carbocycles. The zero-order valence-electron chi connectivity index (χ0n) is 29.9. The van der Waals surface area contributed by atoms with Gasteiger partial charge in [-0.25, -0.2) is 0 Å². The fourth-order valence-corrected chi connectivity index (χ4v) is 8.71. The number of hydrogen-bond acceptors (Lipinski definition) is 3. The molecule has 0 spiro atoms. The fourth-order valence-electron chi connectivity index (χ4n) is 8.71. The first-order valence-electron chi connectivity index (χ1n) is 17.9. The maximum atomic E-state index is 5.65. The average molecular weight is 660 g/mol. The van der Waals surface area contributed by atoms with Crippen LogP contribution in [0, 0.1) is 6.92 Å². The van der Waals surface area contributed by atoms with Crippen LogP contribution in [0.2, 0.25) is 0 Å². The molecule has 2 aliphatic carbocycles. The molecule has 0 bridgehead atoms. The zero-order valence-corrected chi connectivity index (χ0v) is 29.9. The Morgan fingerprint density at radius 1 is 0.431 bits per heavy atom. The van der Waals surface area contributed by atoms with Crippen molar-refractivity contribution in [3.8, 4) is 22.4 Å². The highest BCUT2D eigenvalue weighted by Crippen LogP contribution is 2.58. The average Bonchev–Trinajstić information content (AvgIpc) is 3.53. The minimum Gasteiger partial charge on any atom is -0.310 e. The van der Waals surface area contributed by atoms with Crippen LogP contribution in [0.5, 0.6) is 0 Å². The third kappa shape index (κ3) is 4.76. The van der Waals surface area contributed by atoms with Gasteiger partial charge in [-0.05, 0) is 108 Å². The summed E-state index contributed by atoms with van der Waals surface area (Å²) >= 11 is 0. The van der Waals surface area contributed by atoms with Crippen molar-refractivity contribution in [1.82, 2.24) is 4.98 Å². The van der Waals surface area contributed by atoms with Gasteiger partial charge in [0.15, 0.2) is 0 Å². The van der Waals surface area contributed by atoms with Crippen LogP contribution < -0.4 is 9.80 Å². The van der Waals surface area contributed by atoms with Gasteiger partial charge in [0.1, 0.15) is 0 Å². The van der Waals surface area contributed by atoms with E-state index in [1.165, 1.54) is 44.6 Å². The van der Waals surface area contributed by atoms with Crippen LogP contribution in [0.1, 0.15) is 55.6 Å². The van der Waals surface area contributed by atoms with Crippen LogP contribution >= 0.6 is 0 Å². The van der Waals surface area contributed by atoms with Crippen molar-refractivity contribution >= 4 is 34.1 Å². The van der Waals surface area contributed by atoms with Gasteiger partial charge in [-0.15, -0.1) is 0 Å². The number of hydrogen-bond donors (Lipinski definition) is 0. The third-order valence-corrected chi connectivity index (χ3v) is 11.1. The zero-order chi connectivity index (χ0) is 34.9. The molecule has 0 aliphatic heterocycles. The number of aromatic nitrogens is 1. The molecule has 0 amide bonds. The molecule has 51 heavy (non-hydrogen) atoms. The lowest BCUT2D eigenvalue weighted by molar-refractivity contribution is 0.629. The standard InChI is InChI=1S/C48H41N3/c1-32-43-39-28-26-37(50(33-18-10-6-11-19-33)34-20-12-7-13-21-34)30-41(39)48(4,5)46(43)49-45-40-29-27-38(31-42(40)47(2,3)44(32)45)51(35-22-14-8-15-23-35)36-24-16-9-17-25-36/h6-31H,1-5H3. The molecular formula is C48H41N3. The molecule has 2 aliphatic rings. The fraction of sp³-hybridized carbons (Fsp3) is 0.146. The number of anilines is 6. The Balaban J connectivity index is 1.17. The highest BCUT2D eigenvalue weighted by Gasteiger charge is 2.45. The second-order valence-corrected chi connectivity index (χ2v) is 14.9. The summed E-state index contributed by atoms with van der Waals surface area (Å²) in [5, 5.41) is 0. The van der Waals surface area contributed by atoms with E-state index in [2.05, 4.69) is 202 Å². The molecular weight excluding hydrogens is 619 g/mol.